The highest BCUT2D eigenvalue weighted by atomic mass is 16.2. The van der Waals surface area contributed by atoms with E-state index in [0.717, 1.165) is 19.4 Å². The minimum atomic E-state index is -0.277. The molecule has 0 saturated carbocycles. The third-order valence-electron chi connectivity index (χ3n) is 4.64. The highest BCUT2D eigenvalue weighted by Crippen LogP contribution is 2.27. The molecule has 3 saturated heterocycles. The highest BCUT2D eigenvalue weighted by molar-refractivity contribution is 6.05. The van der Waals surface area contributed by atoms with Crippen LogP contribution in [0.5, 0.6) is 0 Å². The standard InChI is InChI=1S/C13H21N3O2/c1-15-12(17)8-11(13(15)18)14-9-4-6-16-5-2-3-10(16)7-9/h9-11,14H,2-8H2,1H3. The summed E-state index contributed by atoms with van der Waals surface area (Å²) in [7, 11) is 1.58. The summed E-state index contributed by atoms with van der Waals surface area (Å²) in [6.07, 6.45) is 5.15. The summed E-state index contributed by atoms with van der Waals surface area (Å²) in [5.74, 6) is -0.121. The second-order valence-electron chi connectivity index (χ2n) is 5.77. The first kappa shape index (κ1) is 12.1. The molecule has 3 aliphatic heterocycles. The predicted molar refractivity (Wildman–Crippen MR) is 66.9 cm³/mol. The molecule has 0 bridgehead atoms. The molecule has 0 aromatic carbocycles. The molecular weight excluding hydrogens is 230 g/mol. The van der Waals surface area contributed by atoms with Gasteiger partial charge < -0.3 is 10.2 Å². The van der Waals surface area contributed by atoms with Gasteiger partial charge in [0.1, 0.15) is 0 Å². The minimum Gasteiger partial charge on any atom is -0.303 e. The van der Waals surface area contributed by atoms with Crippen molar-refractivity contribution < 1.29 is 9.59 Å². The van der Waals surface area contributed by atoms with Crippen molar-refractivity contribution >= 4 is 11.8 Å². The van der Waals surface area contributed by atoms with Gasteiger partial charge in [-0.15, -0.1) is 0 Å². The fourth-order valence-corrected chi connectivity index (χ4v) is 3.55. The molecule has 0 spiro atoms. The normalized spacial score (nSPS) is 37.4. The van der Waals surface area contributed by atoms with Gasteiger partial charge in [-0.25, -0.2) is 0 Å². The third-order valence-corrected chi connectivity index (χ3v) is 4.64. The van der Waals surface area contributed by atoms with Crippen LogP contribution in [0.1, 0.15) is 32.1 Å². The summed E-state index contributed by atoms with van der Waals surface area (Å²) in [5.41, 5.74) is 0. The second-order valence-corrected chi connectivity index (χ2v) is 5.77. The van der Waals surface area contributed by atoms with E-state index in [-0.39, 0.29) is 17.9 Å². The molecular formula is C13H21N3O2. The lowest BCUT2D eigenvalue weighted by Gasteiger charge is -2.36. The first-order valence-electron chi connectivity index (χ1n) is 6.95. The topological polar surface area (TPSA) is 52.7 Å². The summed E-state index contributed by atoms with van der Waals surface area (Å²) in [4.78, 5) is 27.1. The SMILES string of the molecule is CN1C(=O)CC(NC2CCN3CCCC3C2)C1=O. The molecule has 0 aliphatic carbocycles. The molecule has 100 valence electrons. The molecule has 0 radical (unpaired) electrons. The van der Waals surface area contributed by atoms with E-state index in [1.165, 1.54) is 24.3 Å². The zero-order valence-electron chi connectivity index (χ0n) is 10.9. The predicted octanol–water partition coefficient (Wildman–Crippen LogP) is -0.0399. The maximum absolute atomic E-state index is 11.8. The van der Waals surface area contributed by atoms with E-state index in [1.807, 2.05) is 0 Å². The van der Waals surface area contributed by atoms with Gasteiger partial charge in [0, 0.05) is 19.1 Å². The van der Waals surface area contributed by atoms with Gasteiger partial charge >= 0.3 is 0 Å². The van der Waals surface area contributed by atoms with Crippen molar-refractivity contribution in [2.75, 3.05) is 20.1 Å². The summed E-state index contributed by atoms with van der Waals surface area (Å²) < 4.78 is 0. The smallest absolute Gasteiger partial charge is 0.246 e. The van der Waals surface area contributed by atoms with Gasteiger partial charge in [-0.1, -0.05) is 0 Å². The molecule has 0 aromatic rings. The molecule has 1 N–H and O–H groups in total. The molecule has 3 heterocycles. The Kier molecular flexibility index (Phi) is 3.11. The fourth-order valence-electron chi connectivity index (χ4n) is 3.55. The van der Waals surface area contributed by atoms with E-state index < -0.39 is 0 Å². The van der Waals surface area contributed by atoms with Crippen LogP contribution < -0.4 is 5.32 Å². The molecule has 3 unspecified atom stereocenters. The van der Waals surface area contributed by atoms with Crippen LogP contribution in [0.3, 0.4) is 0 Å². The minimum absolute atomic E-state index is 0.0594. The molecule has 5 heteroatoms. The highest BCUT2D eigenvalue weighted by Gasteiger charge is 2.39. The van der Waals surface area contributed by atoms with Crippen molar-refractivity contribution in [3.05, 3.63) is 0 Å². The lowest BCUT2D eigenvalue weighted by atomic mass is 9.96. The number of fused-ring (bicyclic) bond motifs is 1. The number of amides is 2. The number of hydrogen-bond acceptors (Lipinski definition) is 4. The Morgan fingerprint density at radius 3 is 2.78 bits per heavy atom. The zero-order chi connectivity index (χ0) is 12.7. The number of nitrogens with one attached hydrogen (secondary N) is 1. The Bertz CT molecular complexity index is 371. The van der Waals surface area contributed by atoms with Gasteiger partial charge in [-0.3, -0.25) is 14.5 Å². The average molecular weight is 251 g/mol. The molecule has 3 rings (SSSR count). The molecule has 0 aromatic heterocycles. The first-order chi connectivity index (χ1) is 8.65. The summed E-state index contributed by atoms with van der Waals surface area (Å²) in [6.45, 7) is 2.37. The number of hydrogen-bond donors (Lipinski definition) is 1. The van der Waals surface area contributed by atoms with Gasteiger partial charge in [0.05, 0.1) is 12.5 Å². The first-order valence-corrected chi connectivity index (χ1v) is 6.95. The number of piperidine rings is 1. The zero-order valence-corrected chi connectivity index (χ0v) is 10.9. The van der Waals surface area contributed by atoms with Crippen LogP contribution in [0.25, 0.3) is 0 Å². The quantitative estimate of drug-likeness (QED) is 0.700. The number of likely N-dealkylation sites (tertiary alicyclic amines) is 1. The van der Waals surface area contributed by atoms with Crippen LogP contribution in [0.15, 0.2) is 0 Å². The number of likely N-dealkylation sites (N-methyl/N-ethyl adjacent to an activating group) is 1. The third kappa shape index (κ3) is 2.06. The van der Waals surface area contributed by atoms with Gasteiger partial charge in [-0.2, -0.15) is 0 Å². The van der Waals surface area contributed by atoms with E-state index in [4.69, 9.17) is 0 Å². The fraction of sp³-hybridized carbons (Fsp3) is 0.846. The second kappa shape index (κ2) is 4.63. The van der Waals surface area contributed by atoms with Gasteiger partial charge in [0.25, 0.3) is 0 Å². The largest absolute Gasteiger partial charge is 0.303 e. The van der Waals surface area contributed by atoms with Gasteiger partial charge in [0.2, 0.25) is 11.8 Å². The van der Waals surface area contributed by atoms with E-state index >= 15 is 0 Å². The van der Waals surface area contributed by atoms with Crippen molar-refractivity contribution in [3.8, 4) is 0 Å². The molecule has 3 aliphatic rings. The van der Waals surface area contributed by atoms with Crippen LogP contribution in [0.4, 0.5) is 0 Å². The Labute approximate surface area is 107 Å². The Morgan fingerprint density at radius 1 is 1.22 bits per heavy atom. The van der Waals surface area contributed by atoms with E-state index in [0.29, 0.717) is 18.5 Å². The van der Waals surface area contributed by atoms with Crippen LogP contribution in [0.2, 0.25) is 0 Å². The number of carbonyl (C=O) groups excluding carboxylic acids is 2. The monoisotopic (exact) mass is 251 g/mol. The average Bonchev–Trinajstić information content (AvgIpc) is 2.91. The summed E-state index contributed by atoms with van der Waals surface area (Å²) in [5, 5.41) is 3.40. The molecule has 18 heavy (non-hydrogen) atoms. The van der Waals surface area contributed by atoms with Crippen molar-refractivity contribution in [3.63, 3.8) is 0 Å². The molecule has 3 atom stereocenters. The number of carbonyl (C=O) groups is 2. The van der Waals surface area contributed by atoms with Crippen molar-refractivity contribution in [1.82, 2.24) is 15.1 Å². The van der Waals surface area contributed by atoms with Gasteiger partial charge in [-0.05, 0) is 38.8 Å². The summed E-state index contributed by atoms with van der Waals surface area (Å²) in [6, 6.07) is 0.819. The number of rotatable bonds is 2. The van der Waals surface area contributed by atoms with Gasteiger partial charge in [0.15, 0.2) is 0 Å². The Hall–Kier alpha value is -0.940. The van der Waals surface area contributed by atoms with Crippen LogP contribution >= 0.6 is 0 Å². The van der Waals surface area contributed by atoms with E-state index in [2.05, 4.69) is 10.2 Å². The van der Waals surface area contributed by atoms with Crippen LogP contribution in [-0.2, 0) is 9.59 Å². The maximum atomic E-state index is 11.8. The number of nitrogens with zero attached hydrogens (tertiary/aromatic N) is 2. The van der Waals surface area contributed by atoms with E-state index in [9.17, 15) is 9.59 Å². The Morgan fingerprint density at radius 2 is 2.06 bits per heavy atom. The number of imide groups is 1. The van der Waals surface area contributed by atoms with E-state index in [1.54, 1.807) is 7.05 Å². The maximum Gasteiger partial charge on any atom is 0.246 e. The van der Waals surface area contributed by atoms with Crippen molar-refractivity contribution in [2.45, 2.75) is 50.2 Å². The molecule has 2 amide bonds. The molecule has 5 nitrogen and oxygen atoms in total. The lowest BCUT2D eigenvalue weighted by molar-refractivity contribution is -0.137. The van der Waals surface area contributed by atoms with Crippen LogP contribution in [-0.4, -0.2) is 59.9 Å². The summed E-state index contributed by atoms with van der Waals surface area (Å²) >= 11 is 0. The van der Waals surface area contributed by atoms with Crippen molar-refractivity contribution in [2.24, 2.45) is 0 Å². The Balaban J connectivity index is 1.57. The molecule has 3 fully saturated rings. The van der Waals surface area contributed by atoms with Crippen LogP contribution in [0, 0.1) is 0 Å². The van der Waals surface area contributed by atoms with Crippen molar-refractivity contribution in [1.29, 1.82) is 0 Å². The lowest BCUT2D eigenvalue weighted by Crippen LogP contribution is -2.50.